The highest BCUT2D eigenvalue weighted by Crippen LogP contribution is 2.24. The number of benzene rings is 1. The Labute approximate surface area is 168 Å². The third-order valence-corrected chi connectivity index (χ3v) is 5.14. The zero-order chi connectivity index (χ0) is 20.4. The maximum atomic E-state index is 12.9. The Morgan fingerprint density at radius 3 is 2.46 bits per heavy atom. The van der Waals surface area contributed by atoms with Gasteiger partial charge in [-0.15, -0.1) is 0 Å². The van der Waals surface area contributed by atoms with Gasteiger partial charge in [0.15, 0.2) is 0 Å². The third kappa shape index (κ3) is 6.70. The van der Waals surface area contributed by atoms with Gasteiger partial charge in [0.1, 0.15) is 5.75 Å². The maximum Gasteiger partial charge on any atom is 0.310 e. The first-order chi connectivity index (χ1) is 13.5. The predicted octanol–water partition coefficient (Wildman–Crippen LogP) is 4.46. The van der Waals surface area contributed by atoms with E-state index in [4.69, 9.17) is 9.47 Å². The van der Waals surface area contributed by atoms with E-state index < -0.39 is 0 Å². The molecule has 1 amide bonds. The minimum atomic E-state index is -0.334. The van der Waals surface area contributed by atoms with Gasteiger partial charge in [0.2, 0.25) is 5.91 Å². The Hall–Kier alpha value is -2.30. The molecule has 0 bridgehead atoms. The summed E-state index contributed by atoms with van der Waals surface area (Å²) >= 11 is 0. The fraction of sp³-hybridized carbons (Fsp3) is 0.565. The molecule has 0 N–H and O–H groups in total. The van der Waals surface area contributed by atoms with Crippen molar-refractivity contribution in [3.8, 4) is 5.75 Å². The predicted molar refractivity (Wildman–Crippen MR) is 111 cm³/mol. The molecule has 1 fully saturated rings. The average Bonchev–Trinajstić information content (AvgIpc) is 2.74. The third-order valence-electron chi connectivity index (χ3n) is 5.14. The lowest BCUT2D eigenvalue weighted by Gasteiger charge is -2.35. The van der Waals surface area contributed by atoms with Crippen LogP contribution in [-0.4, -0.2) is 43.1 Å². The smallest absolute Gasteiger partial charge is 0.310 e. The van der Waals surface area contributed by atoms with E-state index >= 15 is 0 Å². The number of ether oxygens (including phenoxy) is 2. The zero-order valence-corrected chi connectivity index (χ0v) is 17.4. The van der Waals surface area contributed by atoms with Gasteiger partial charge in [-0.25, -0.2) is 0 Å². The molecule has 1 aliphatic rings. The molecule has 154 valence electrons. The fourth-order valence-corrected chi connectivity index (χ4v) is 3.54. The van der Waals surface area contributed by atoms with Crippen molar-refractivity contribution in [1.29, 1.82) is 0 Å². The largest absolute Gasteiger partial charge is 0.494 e. The van der Waals surface area contributed by atoms with Gasteiger partial charge in [-0.2, -0.15) is 0 Å². The summed E-state index contributed by atoms with van der Waals surface area (Å²) in [4.78, 5) is 26.6. The summed E-state index contributed by atoms with van der Waals surface area (Å²) in [6.07, 6.45) is 9.87. The van der Waals surface area contributed by atoms with Gasteiger partial charge in [0.25, 0.3) is 0 Å². The molecule has 1 atom stereocenters. The molecule has 5 heteroatoms. The Kier molecular flexibility index (Phi) is 9.05. The van der Waals surface area contributed by atoms with Crippen LogP contribution >= 0.6 is 0 Å². The average molecular weight is 388 g/mol. The van der Waals surface area contributed by atoms with Crippen LogP contribution in [0.2, 0.25) is 0 Å². The molecule has 1 aromatic carbocycles. The van der Waals surface area contributed by atoms with Crippen molar-refractivity contribution in [1.82, 2.24) is 4.90 Å². The van der Waals surface area contributed by atoms with Gasteiger partial charge in [0, 0.05) is 18.7 Å². The molecule has 0 spiro atoms. The van der Waals surface area contributed by atoms with Crippen LogP contribution in [0.25, 0.3) is 6.08 Å². The number of hydrogen-bond donors (Lipinski definition) is 0. The van der Waals surface area contributed by atoms with Gasteiger partial charge >= 0.3 is 5.97 Å². The van der Waals surface area contributed by atoms with Crippen LogP contribution in [0.3, 0.4) is 0 Å². The number of hydrogen-bond acceptors (Lipinski definition) is 4. The zero-order valence-electron chi connectivity index (χ0n) is 17.4. The number of carbonyl (C=O) groups is 2. The first-order valence-corrected chi connectivity index (χ1v) is 10.3. The van der Waals surface area contributed by atoms with Crippen LogP contribution < -0.4 is 4.74 Å². The van der Waals surface area contributed by atoms with Gasteiger partial charge in [0.05, 0.1) is 19.6 Å². The van der Waals surface area contributed by atoms with Crippen molar-refractivity contribution in [2.24, 2.45) is 5.92 Å². The number of amides is 1. The van der Waals surface area contributed by atoms with Gasteiger partial charge < -0.3 is 14.4 Å². The minimum absolute atomic E-state index is 0.0473. The molecule has 5 nitrogen and oxygen atoms in total. The highest BCUT2D eigenvalue weighted by molar-refractivity contribution is 5.92. The maximum absolute atomic E-state index is 12.9. The van der Waals surface area contributed by atoms with Crippen LogP contribution in [0.15, 0.2) is 30.3 Å². The Morgan fingerprint density at radius 1 is 1.18 bits per heavy atom. The number of esters is 1. The van der Waals surface area contributed by atoms with Crippen molar-refractivity contribution in [3.63, 3.8) is 0 Å². The summed E-state index contributed by atoms with van der Waals surface area (Å²) in [5.41, 5.74) is 0.946. The summed E-state index contributed by atoms with van der Waals surface area (Å²) in [6, 6.07) is 7.91. The second-order valence-electron chi connectivity index (χ2n) is 7.46. The monoisotopic (exact) mass is 387 g/mol. The van der Waals surface area contributed by atoms with Gasteiger partial charge in [-0.3, -0.25) is 9.59 Å². The van der Waals surface area contributed by atoms with E-state index in [0.29, 0.717) is 13.2 Å². The topological polar surface area (TPSA) is 55.8 Å². The van der Waals surface area contributed by atoms with Crippen LogP contribution in [0.4, 0.5) is 0 Å². The van der Waals surface area contributed by atoms with Crippen LogP contribution in [0.1, 0.15) is 57.9 Å². The molecule has 0 saturated heterocycles. The lowest BCUT2D eigenvalue weighted by atomic mass is 9.93. The Morgan fingerprint density at radius 2 is 1.86 bits per heavy atom. The summed E-state index contributed by atoms with van der Waals surface area (Å²) in [5, 5.41) is 0. The van der Waals surface area contributed by atoms with Crippen LogP contribution in [0.5, 0.6) is 5.75 Å². The van der Waals surface area contributed by atoms with Crippen molar-refractivity contribution < 1.29 is 19.1 Å². The molecular weight excluding hydrogens is 354 g/mol. The molecular formula is C23H33NO4. The molecule has 1 unspecified atom stereocenters. The molecule has 1 aliphatic carbocycles. The van der Waals surface area contributed by atoms with Crippen molar-refractivity contribution in [3.05, 3.63) is 35.9 Å². The molecule has 0 heterocycles. The normalized spacial score (nSPS) is 16.0. The van der Waals surface area contributed by atoms with Crippen LogP contribution in [-0.2, 0) is 14.3 Å². The first-order valence-electron chi connectivity index (χ1n) is 10.3. The molecule has 0 aliphatic heterocycles. The van der Waals surface area contributed by atoms with Crippen molar-refractivity contribution in [2.45, 2.75) is 58.4 Å². The lowest BCUT2D eigenvalue weighted by Crippen LogP contribution is -2.44. The SMILES string of the molecule is CCCOc1ccc(/C=C/C(=O)N(CC(C)C(=O)OC)C2CCCCC2)cc1. The summed E-state index contributed by atoms with van der Waals surface area (Å²) in [7, 11) is 1.39. The van der Waals surface area contributed by atoms with E-state index in [1.807, 2.05) is 42.2 Å². The van der Waals surface area contributed by atoms with Crippen molar-refractivity contribution in [2.75, 3.05) is 20.3 Å². The summed E-state index contributed by atoms with van der Waals surface area (Å²) in [6.45, 7) is 4.97. The minimum Gasteiger partial charge on any atom is -0.494 e. The van der Waals surface area contributed by atoms with Crippen LogP contribution in [0, 0.1) is 5.92 Å². The van der Waals surface area contributed by atoms with E-state index in [9.17, 15) is 9.59 Å². The molecule has 1 saturated carbocycles. The highest BCUT2D eigenvalue weighted by atomic mass is 16.5. The summed E-state index contributed by atoms with van der Waals surface area (Å²) in [5.74, 6) is 0.176. The quantitative estimate of drug-likeness (QED) is 0.464. The van der Waals surface area contributed by atoms with E-state index in [0.717, 1.165) is 43.4 Å². The van der Waals surface area contributed by atoms with Gasteiger partial charge in [-0.05, 0) is 43.0 Å². The second kappa shape index (κ2) is 11.5. The number of carbonyl (C=O) groups excluding carboxylic acids is 2. The number of rotatable bonds is 9. The van der Waals surface area contributed by atoms with E-state index in [-0.39, 0.29) is 23.8 Å². The number of methoxy groups -OCH3 is 1. The molecule has 2 rings (SSSR count). The molecule has 0 aromatic heterocycles. The van der Waals surface area contributed by atoms with E-state index in [1.165, 1.54) is 13.5 Å². The molecule has 0 radical (unpaired) electrons. The Bertz CT molecular complexity index is 647. The molecule has 1 aromatic rings. The number of nitrogens with zero attached hydrogens (tertiary/aromatic N) is 1. The molecule has 28 heavy (non-hydrogen) atoms. The standard InChI is InChI=1S/C23H33NO4/c1-4-16-28-21-13-10-19(11-14-21)12-15-22(25)24(17-18(2)23(26)27-3)20-8-6-5-7-9-20/h10-15,18,20H,4-9,16-17H2,1-3H3/b15-12+. The van der Waals surface area contributed by atoms with E-state index in [2.05, 4.69) is 6.92 Å². The fourth-order valence-electron chi connectivity index (χ4n) is 3.54. The van der Waals surface area contributed by atoms with E-state index in [1.54, 1.807) is 6.08 Å². The first kappa shape index (κ1) is 22.0. The van der Waals surface area contributed by atoms with Gasteiger partial charge in [-0.1, -0.05) is 45.2 Å². The lowest BCUT2D eigenvalue weighted by molar-refractivity contribution is -0.146. The summed E-state index contributed by atoms with van der Waals surface area (Å²) < 4.78 is 10.4. The van der Waals surface area contributed by atoms with Crippen molar-refractivity contribution >= 4 is 18.0 Å². The Balaban J connectivity index is 2.05. The highest BCUT2D eigenvalue weighted by Gasteiger charge is 2.27. The second-order valence-corrected chi connectivity index (χ2v) is 7.46.